The zero-order valence-corrected chi connectivity index (χ0v) is 10.5. The van der Waals surface area contributed by atoms with Crippen LogP contribution >= 0.6 is 0 Å². The quantitative estimate of drug-likeness (QED) is 0.417. The van der Waals surface area contributed by atoms with Crippen LogP contribution in [0.4, 0.5) is 13.2 Å². The molecule has 1 aromatic heterocycles. The van der Waals surface area contributed by atoms with Crippen molar-refractivity contribution >= 4 is 5.78 Å². The first-order valence-electron chi connectivity index (χ1n) is 6.12. The van der Waals surface area contributed by atoms with Gasteiger partial charge in [-0.2, -0.15) is 13.2 Å². The number of rotatable bonds is 7. The number of hydrogen-bond acceptors (Lipinski definition) is 2. The van der Waals surface area contributed by atoms with Gasteiger partial charge in [0.15, 0.2) is 5.78 Å². The molecule has 0 unspecified atom stereocenters. The van der Waals surface area contributed by atoms with E-state index < -0.39 is 11.7 Å². The summed E-state index contributed by atoms with van der Waals surface area (Å²) in [5.41, 5.74) is -0.744. The van der Waals surface area contributed by atoms with Crippen LogP contribution in [-0.4, -0.2) is 10.8 Å². The number of Topliss-reactive ketones (excluding diaryl/α,β-unsaturated/α-hetero) is 1. The van der Waals surface area contributed by atoms with Crippen LogP contribution in [0.1, 0.15) is 48.2 Å². The Balaban J connectivity index is 2.47. The lowest BCUT2D eigenvalue weighted by atomic mass is 10.1. The summed E-state index contributed by atoms with van der Waals surface area (Å²) in [4.78, 5) is 15.2. The molecule has 0 spiro atoms. The molecule has 0 amide bonds. The summed E-state index contributed by atoms with van der Waals surface area (Å²) in [7, 11) is 0. The van der Waals surface area contributed by atoms with E-state index in [0.717, 1.165) is 37.8 Å². The van der Waals surface area contributed by atoms with E-state index in [4.69, 9.17) is 0 Å². The van der Waals surface area contributed by atoms with E-state index in [-0.39, 0.29) is 11.5 Å². The van der Waals surface area contributed by atoms with Gasteiger partial charge in [-0.3, -0.25) is 9.78 Å². The van der Waals surface area contributed by atoms with Gasteiger partial charge in [-0.15, -0.1) is 6.58 Å². The molecule has 0 atom stereocenters. The van der Waals surface area contributed by atoms with Crippen molar-refractivity contribution in [1.29, 1.82) is 0 Å². The molecule has 0 N–H and O–H groups in total. The van der Waals surface area contributed by atoms with Crippen molar-refractivity contribution in [3.63, 3.8) is 0 Å². The van der Waals surface area contributed by atoms with E-state index in [9.17, 15) is 18.0 Å². The summed E-state index contributed by atoms with van der Waals surface area (Å²) in [6.07, 6.45) is 1.91. The molecular formula is C14H16F3NO. The van der Waals surface area contributed by atoms with E-state index >= 15 is 0 Å². The summed E-state index contributed by atoms with van der Waals surface area (Å²) in [5, 5.41) is 0. The minimum absolute atomic E-state index is 0.0942. The number of alkyl halides is 3. The Morgan fingerprint density at radius 3 is 2.53 bits per heavy atom. The standard InChI is InChI=1S/C14H16F3NO/c1-2-3-4-5-6-7-13(19)12-9-8-11(10-18-12)14(15,16)17/h2,8-10H,1,3-7H2. The zero-order valence-electron chi connectivity index (χ0n) is 10.5. The average Bonchev–Trinajstić information content (AvgIpc) is 2.37. The number of carbonyl (C=O) groups is 1. The van der Waals surface area contributed by atoms with Gasteiger partial charge in [0.1, 0.15) is 5.69 Å². The number of unbranched alkanes of at least 4 members (excludes halogenated alkanes) is 3. The van der Waals surface area contributed by atoms with Gasteiger partial charge < -0.3 is 0 Å². The molecule has 0 aliphatic rings. The molecule has 1 rings (SSSR count). The maximum atomic E-state index is 12.3. The van der Waals surface area contributed by atoms with Crippen molar-refractivity contribution in [2.75, 3.05) is 0 Å². The van der Waals surface area contributed by atoms with Crippen LogP contribution in [0.5, 0.6) is 0 Å². The number of ketones is 1. The van der Waals surface area contributed by atoms with E-state index in [0.29, 0.717) is 12.6 Å². The van der Waals surface area contributed by atoms with Crippen molar-refractivity contribution in [2.24, 2.45) is 0 Å². The van der Waals surface area contributed by atoms with Gasteiger partial charge in [-0.25, -0.2) is 0 Å². The minimum atomic E-state index is -4.42. The smallest absolute Gasteiger partial charge is 0.292 e. The highest BCUT2D eigenvalue weighted by Crippen LogP contribution is 2.28. The SMILES string of the molecule is C=CCCCCCC(=O)c1ccc(C(F)(F)F)cn1. The molecule has 19 heavy (non-hydrogen) atoms. The molecule has 0 saturated carbocycles. The van der Waals surface area contributed by atoms with E-state index in [1.165, 1.54) is 0 Å². The van der Waals surface area contributed by atoms with Gasteiger partial charge in [-0.1, -0.05) is 12.5 Å². The van der Waals surface area contributed by atoms with E-state index in [1.807, 2.05) is 6.08 Å². The molecule has 104 valence electrons. The van der Waals surface area contributed by atoms with E-state index in [2.05, 4.69) is 11.6 Å². The summed E-state index contributed by atoms with van der Waals surface area (Å²) >= 11 is 0. The van der Waals surface area contributed by atoms with Gasteiger partial charge in [-0.05, 0) is 31.4 Å². The van der Waals surface area contributed by atoms with Crippen LogP contribution in [0.3, 0.4) is 0 Å². The Kier molecular flexibility index (Phi) is 5.73. The number of nitrogens with zero attached hydrogens (tertiary/aromatic N) is 1. The van der Waals surface area contributed by atoms with Crippen LogP contribution in [0.2, 0.25) is 0 Å². The Labute approximate surface area is 110 Å². The highest BCUT2D eigenvalue weighted by atomic mass is 19.4. The van der Waals surface area contributed by atoms with Gasteiger partial charge >= 0.3 is 6.18 Å². The normalized spacial score (nSPS) is 11.3. The van der Waals surface area contributed by atoms with Gasteiger partial charge in [0.2, 0.25) is 0 Å². The average molecular weight is 271 g/mol. The molecule has 0 aliphatic carbocycles. The number of allylic oxidation sites excluding steroid dienone is 1. The maximum absolute atomic E-state index is 12.3. The van der Waals surface area contributed by atoms with E-state index in [1.54, 1.807) is 0 Å². The molecule has 0 radical (unpaired) electrons. The third-order valence-electron chi connectivity index (χ3n) is 2.69. The summed E-state index contributed by atoms with van der Waals surface area (Å²) in [6.45, 7) is 3.60. The predicted molar refractivity (Wildman–Crippen MR) is 66.9 cm³/mol. The van der Waals surface area contributed by atoms with Gasteiger partial charge in [0.25, 0.3) is 0 Å². The third kappa shape index (κ3) is 5.24. The first-order valence-corrected chi connectivity index (χ1v) is 6.12. The van der Waals surface area contributed by atoms with Crippen LogP contribution in [0.15, 0.2) is 31.0 Å². The van der Waals surface area contributed by atoms with Crippen LogP contribution in [0, 0.1) is 0 Å². The molecule has 1 aromatic rings. The highest BCUT2D eigenvalue weighted by Gasteiger charge is 2.30. The number of pyridine rings is 1. The van der Waals surface area contributed by atoms with Gasteiger partial charge in [0.05, 0.1) is 5.56 Å². The molecule has 1 heterocycles. The number of hydrogen-bond donors (Lipinski definition) is 0. The molecule has 0 aromatic carbocycles. The fraction of sp³-hybridized carbons (Fsp3) is 0.429. The molecule has 5 heteroatoms. The highest BCUT2D eigenvalue weighted by molar-refractivity contribution is 5.94. The first kappa shape index (κ1) is 15.4. The van der Waals surface area contributed by atoms with Crippen molar-refractivity contribution < 1.29 is 18.0 Å². The van der Waals surface area contributed by atoms with Crippen molar-refractivity contribution in [2.45, 2.75) is 38.3 Å². The molecule has 0 bridgehead atoms. The second kappa shape index (κ2) is 7.07. The summed E-state index contributed by atoms with van der Waals surface area (Å²) in [5.74, 6) is -0.215. The topological polar surface area (TPSA) is 30.0 Å². The molecule has 0 fully saturated rings. The molecule has 0 saturated heterocycles. The fourth-order valence-electron chi connectivity index (χ4n) is 1.61. The number of aromatic nitrogens is 1. The fourth-order valence-corrected chi connectivity index (χ4v) is 1.61. The predicted octanol–water partition coefficient (Wildman–Crippen LogP) is 4.42. The second-order valence-corrected chi connectivity index (χ2v) is 4.24. The second-order valence-electron chi connectivity index (χ2n) is 4.24. The number of halogens is 3. The van der Waals surface area contributed by atoms with Crippen LogP contribution in [-0.2, 0) is 6.18 Å². The van der Waals surface area contributed by atoms with Crippen molar-refractivity contribution in [3.05, 3.63) is 42.2 Å². The summed E-state index contributed by atoms with van der Waals surface area (Å²) < 4.78 is 36.9. The molecule has 0 aliphatic heterocycles. The lowest BCUT2D eigenvalue weighted by Crippen LogP contribution is -2.08. The largest absolute Gasteiger partial charge is 0.417 e. The van der Waals surface area contributed by atoms with Crippen molar-refractivity contribution in [1.82, 2.24) is 4.98 Å². The Hall–Kier alpha value is -1.65. The van der Waals surface area contributed by atoms with Crippen LogP contribution in [0.25, 0.3) is 0 Å². The zero-order chi connectivity index (χ0) is 14.3. The third-order valence-corrected chi connectivity index (χ3v) is 2.69. The monoisotopic (exact) mass is 271 g/mol. The Morgan fingerprint density at radius 2 is 2.00 bits per heavy atom. The first-order chi connectivity index (χ1) is 8.95. The summed E-state index contributed by atoms with van der Waals surface area (Å²) in [6, 6.07) is 2.02. The maximum Gasteiger partial charge on any atom is 0.417 e. The lowest BCUT2D eigenvalue weighted by Gasteiger charge is -2.06. The Morgan fingerprint density at radius 1 is 1.26 bits per heavy atom. The minimum Gasteiger partial charge on any atom is -0.292 e. The molecule has 2 nitrogen and oxygen atoms in total. The number of carbonyl (C=O) groups excluding carboxylic acids is 1. The lowest BCUT2D eigenvalue weighted by molar-refractivity contribution is -0.137. The van der Waals surface area contributed by atoms with Crippen molar-refractivity contribution in [3.8, 4) is 0 Å². The Bertz CT molecular complexity index is 423. The van der Waals surface area contributed by atoms with Gasteiger partial charge in [0, 0.05) is 12.6 Å². The molecular weight excluding hydrogens is 255 g/mol. The van der Waals surface area contributed by atoms with Crippen LogP contribution < -0.4 is 0 Å².